The van der Waals surface area contributed by atoms with Crippen LogP contribution in [0.2, 0.25) is 0 Å². The maximum Gasteiger partial charge on any atom is 0.296 e. The number of ketones is 1. The minimum Gasteiger partial charge on any atom is -0.507 e. The van der Waals surface area contributed by atoms with Crippen LogP contribution in [-0.2, 0) is 16.1 Å². The highest BCUT2D eigenvalue weighted by atomic mass is 19.1. The summed E-state index contributed by atoms with van der Waals surface area (Å²) in [5, 5.41) is 21.8. The lowest BCUT2D eigenvalue weighted by atomic mass is 9.98. The highest BCUT2D eigenvalue weighted by Gasteiger charge is 2.46. The van der Waals surface area contributed by atoms with E-state index >= 15 is 0 Å². The lowest BCUT2D eigenvalue weighted by Crippen LogP contribution is -2.29. The summed E-state index contributed by atoms with van der Waals surface area (Å²) >= 11 is 0. The molecule has 0 radical (unpaired) electrons. The molecule has 1 N–H and O–H groups in total. The van der Waals surface area contributed by atoms with Crippen LogP contribution in [0.25, 0.3) is 5.76 Å². The average molecular weight is 433 g/mol. The molecule has 4 rings (SSSR count). The van der Waals surface area contributed by atoms with Crippen molar-refractivity contribution in [2.75, 3.05) is 0 Å². The number of amides is 1. The predicted molar refractivity (Wildman–Crippen MR) is 112 cm³/mol. The molecule has 1 amide bonds. The number of aromatic nitrogens is 1. The topological polar surface area (TPSA) is 114 Å². The Morgan fingerprint density at radius 3 is 2.34 bits per heavy atom. The van der Waals surface area contributed by atoms with Crippen LogP contribution < -0.4 is 0 Å². The van der Waals surface area contributed by atoms with Crippen molar-refractivity contribution >= 4 is 23.1 Å². The molecule has 1 aromatic heterocycles. The molecule has 1 unspecified atom stereocenters. The third-order valence-electron chi connectivity index (χ3n) is 5.13. The Morgan fingerprint density at radius 1 is 1.06 bits per heavy atom. The zero-order chi connectivity index (χ0) is 22.8. The predicted octanol–water partition coefficient (Wildman–Crippen LogP) is 3.75. The quantitative estimate of drug-likeness (QED) is 0.216. The van der Waals surface area contributed by atoms with E-state index in [4.69, 9.17) is 0 Å². The van der Waals surface area contributed by atoms with Crippen LogP contribution in [0, 0.1) is 15.9 Å². The fourth-order valence-electron chi connectivity index (χ4n) is 3.57. The van der Waals surface area contributed by atoms with Crippen molar-refractivity contribution in [1.29, 1.82) is 0 Å². The first-order valence-corrected chi connectivity index (χ1v) is 9.55. The number of aliphatic hydroxyl groups is 1. The second kappa shape index (κ2) is 8.38. The molecule has 1 aliphatic heterocycles. The minimum absolute atomic E-state index is 0.0108. The van der Waals surface area contributed by atoms with Gasteiger partial charge in [0, 0.05) is 30.4 Å². The van der Waals surface area contributed by atoms with Crippen LogP contribution in [0.15, 0.2) is 78.5 Å². The standard InChI is InChI=1S/C23H16FN3O5/c24-16-8-4-14(5-9-16)13-26-20(18-3-1-2-12-25-18)19(22(29)23(26)30)21(28)15-6-10-17(11-7-15)27(31)32/h1-12,20,28H,13H2/b21-19-. The van der Waals surface area contributed by atoms with Gasteiger partial charge in [-0.15, -0.1) is 0 Å². The second-order valence-electron chi connectivity index (χ2n) is 7.11. The molecule has 3 aromatic rings. The summed E-state index contributed by atoms with van der Waals surface area (Å²) in [6.07, 6.45) is 1.50. The molecule has 9 heteroatoms. The molecule has 0 spiro atoms. The minimum atomic E-state index is -0.989. The van der Waals surface area contributed by atoms with Crippen LogP contribution in [0.3, 0.4) is 0 Å². The normalized spacial score (nSPS) is 17.5. The molecule has 8 nitrogen and oxygen atoms in total. The fourth-order valence-corrected chi connectivity index (χ4v) is 3.57. The van der Waals surface area contributed by atoms with E-state index in [9.17, 15) is 29.2 Å². The largest absolute Gasteiger partial charge is 0.507 e. The van der Waals surface area contributed by atoms with E-state index in [1.165, 1.54) is 59.6 Å². The molecule has 0 aliphatic carbocycles. The van der Waals surface area contributed by atoms with Crippen LogP contribution in [0.5, 0.6) is 0 Å². The number of likely N-dealkylation sites (tertiary alicyclic amines) is 1. The van der Waals surface area contributed by atoms with Crippen LogP contribution in [-0.4, -0.2) is 31.6 Å². The highest BCUT2D eigenvalue weighted by Crippen LogP contribution is 2.39. The van der Waals surface area contributed by atoms with Gasteiger partial charge in [0.1, 0.15) is 17.6 Å². The van der Waals surface area contributed by atoms with Crippen molar-refractivity contribution in [3.05, 3.63) is 111 Å². The summed E-state index contributed by atoms with van der Waals surface area (Å²) in [7, 11) is 0. The van der Waals surface area contributed by atoms with Crippen molar-refractivity contribution in [1.82, 2.24) is 9.88 Å². The summed E-state index contributed by atoms with van der Waals surface area (Å²) in [5.41, 5.74) is 0.738. The maximum absolute atomic E-state index is 13.3. The van der Waals surface area contributed by atoms with Crippen molar-refractivity contribution in [2.45, 2.75) is 12.6 Å². The smallest absolute Gasteiger partial charge is 0.296 e. The number of hydrogen-bond donors (Lipinski definition) is 1. The molecule has 0 saturated carbocycles. The van der Waals surface area contributed by atoms with Crippen molar-refractivity contribution in [3.8, 4) is 0 Å². The van der Waals surface area contributed by atoms with Crippen molar-refractivity contribution < 1.29 is 24.0 Å². The molecular weight excluding hydrogens is 417 g/mol. The molecule has 2 heterocycles. The van der Waals surface area contributed by atoms with Gasteiger partial charge >= 0.3 is 0 Å². The number of non-ortho nitro benzene ring substituents is 1. The van der Waals surface area contributed by atoms with Gasteiger partial charge in [0.05, 0.1) is 16.2 Å². The van der Waals surface area contributed by atoms with Gasteiger partial charge in [-0.3, -0.25) is 24.7 Å². The molecule has 1 atom stereocenters. The van der Waals surface area contributed by atoms with Crippen LogP contribution in [0.4, 0.5) is 10.1 Å². The number of Topliss-reactive ketones (excluding diaryl/α,β-unsaturated/α-hetero) is 1. The lowest BCUT2D eigenvalue weighted by molar-refractivity contribution is -0.384. The lowest BCUT2D eigenvalue weighted by Gasteiger charge is -2.24. The van der Waals surface area contributed by atoms with E-state index < -0.39 is 34.2 Å². The summed E-state index contributed by atoms with van der Waals surface area (Å²) in [5.74, 6) is -2.64. The number of aliphatic hydroxyl groups excluding tert-OH is 1. The number of nitro groups is 1. The summed E-state index contributed by atoms with van der Waals surface area (Å²) in [6, 6.07) is 14.5. The van der Waals surface area contributed by atoms with Gasteiger partial charge in [0.15, 0.2) is 0 Å². The van der Waals surface area contributed by atoms with E-state index in [2.05, 4.69) is 4.98 Å². The zero-order valence-electron chi connectivity index (χ0n) is 16.5. The fraction of sp³-hybridized carbons (Fsp3) is 0.0870. The molecule has 0 bridgehead atoms. The Balaban J connectivity index is 1.81. The van der Waals surface area contributed by atoms with Gasteiger partial charge in [-0.05, 0) is 42.0 Å². The first-order chi connectivity index (χ1) is 15.4. The number of nitro benzene ring substituents is 1. The molecule has 1 saturated heterocycles. The van der Waals surface area contributed by atoms with E-state index in [0.29, 0.717) is 11.3 Å². The van der Waals surface area contributed by atoms with Crippen molar-refractivity contribution in [3.63, 3.8) is 0 Å². The number of nitrogens with zero attached hydrogens (tertiary/aromatic N) is 3. The third kappa shape index (κ3) is 3.83. The Morgan fingerprint density at radius 2 is 1.75 bits per heavy atom. The molecule has 1 aliphatic rings. The van der Waals surface area contributed by atoms with Crippen molar-refractivity contribution in [2.24, 2.45) is 0 Å². The number of carbonyl (C=O) groups excluding carboxylic acids is 2. The number of halogens is 1. The van der Waals surface area contributed by atoms with Gasteiger partial charge in [0.2, 0.25) is 0 Å². The molecule has 160 valence electrons. The van der Waals surface area contributed by atoms with Gasteiger partial charge in [-0.2, -0.15) is 0 Å². The Bertz CT molecular complexity index is 1220. The number of carbonyl (C=O) groups is 2. The first-order valence-electron chi connectivity index (χ1n) is 9.55. The summed E-state index contributed by atoms with van der Waals surface area (Å²) in [4.78, 5) is 41.7. The molecular formula is C23H16FN3O5. The third-order valence-corrected chi connectivity index (χ3v) is 5.13. The van der Waals surface area contributed by atoms with Gasteiger partial charge in [0.25, 0.3) is 17.4 Å². The maximum atomic E-state index is 13.3. The highest BCUT2D eigenvalue weighted by molar-refractivity contribution is 6.46. The summed E-state index contributed by atoms with van der Waals surface area (Å²) in [6.45, 7) is -0.0108. The van der Waals surface area contributed by atoms with Gasteiger partial charge in [-0.25, -0.2) is 4.39 Å². The Labute approximate surface area is 181 Å². The second-order valence-corrected chi connectivity index (χ2v) is 7.11. The average Bonchev–Trinajstić information content (AvgIpc) is 3.05. The Kier molecular flexibility index (Phi) is 5.46. The zero-order valence-corrected chi connectivity index (χ0v) is 16.5. The van der Waals surface area contributed by atoms with Gasteiger partial charge < -0.3 is 10.0 Å². The number of rotatable bonds is 5. The molecule has 32 heavy (non-hydrogen) atoms. The molecule has 2 aromatic carbocycles. The first kappa shape index (κ1) is 20.9. The van der Waals surface area contributed by atoms with E-state index in [1.54, 1.807) is 18.2 Å². The van der Waals surface area contributed by atoms with E-state index in [-0.39, 0.29) is 23.4 Å². The van der Waals surface area contributed by atoms with Gasteiger partial charge in [-0.1, -0.05) is 18.2 Å². The SMILES string of the molecule is O=C1C(=O)N(Cc2ccc(F)cc2)C(c2ccccn2)/C1=C(/O)c1ccc([N+](=O)[O-])cc1. The molecule has 1 fully saturated rings. The number of hydrogen-bond acceptors (Lipinski definition) is 6. The monoisotopic (exact) mass is 433 g/mol. The van der Waals surface area contributed by atoms with E-state index in [0.717, 1.165) is 0 Å². The van der Waals surface area contributed by atoms with Crippen LogP contribution in [0.1, 0.15) is 22.9 Å². The van der Waals surface area contributed by atoms with Crippen LogP contribution >= 0.6 is 0 Å². The Hall–Kier alpha value is -4.40. The summed E-state index contributed by atoms with van der Waals surface area (Å²) < 4.78 is 13.3. The number of pyridine rings is 1. The number of benzene rings is 2. The van der Waals surface area contributed by atoms with E-state index in [1.807, 2.05) is 0 Å².